The van der Waals surface area contributed by atoms with Gasteiger partial charge >= 0.3 is 5.97 Å². The summed E-state index contributed by atoms with van der Waals surface area (Å²) >= 11 is 11.7. The van der Waals surface area contributed by atoms with Gasteiger partial charge in [0.1, 0.15) is 0 Å². The number of rotatable bonds is 6. The highest BCUT2D eigenvalue weighted by Gasteiger charge is 2.14. The quantitative estimate of drug-likeness (QED) is 0.792. The monoisotopic (exact) mass is 315 g/mol. The van der Waals surface area contributed by atoms with Gasteiger partial charge in [-0.1, -0.05) is 36.2 Å². The van der Waals surface area contributed by atoms with Crippen LogP contribution in [-0.4, -0.2) is 23.5 Å². The molecular weight excluding hydrogens is 301 g/mol. The molecule has 1 unspecified atom stereocenters. The third kappa shape index (κ3) is 5.23. The molecule has 0 heterocycles. The van der Waals surface area contributed by atoms with Crippen LogP contribution >= 0.6 is 23.2 Å². The summed E-state index contributed by atoms with van der Waals surface area (Å²) < 4.78 is 0. The fourth-order valence-corrected chi connectivity index (χ4v) is 1.96. The van der Waals surface area contributed by atoms with Crippen LogP contribution in [0, 0.1) is 5.92 Å². The molecule has 4 nitrogen and oxygen atoms in total. The Morgan fingerprint density at radius 3 is 2.65 bits per heavy atom. The average Bonchev–Trinajstić information content (AvgIpc) is 2.38. The number of hydrogen-bond acceptors (Lipinski definition) is 2. The number of amides is 1. The normalized spacial score (nSPS) is 12.3. The van der Waals surface area contributed by atoms with Crippen molar-refractivity contribution in [3.63, 3.8) is 0 Å². The average molecular weight is 316 g/mol. The van der Waals surface area contributed by atoms with Gasteiger partial charge in [-0.2, -0.15) is 0 Å². The van der Waals surface area contributed by atoms with Crippen LogP contribution in [0.4, 0.5) is 0 Å². The number of hydrogen-bond donors (Lipinski definition) is 2. The molecule has 20 heavy (non-hydrogen) atoms. The standard InChI is InChI=1S/C14H15Cl2NO3/c1-2-9(14(19)20)8-17-13(18)6-4-10-3-5-11(15)7-12(10)16/h3-7,9H,2,8H2,1H3,(H,17,18)(H,19,20). The number of carbonyl (C=O) groups excluding carboxylic acids is 1. The number of benzene rings is 1. The Bertz CT molecular complexity index is 529. The van der Waals surface area contributed by atoms with Gasteiger partial charge in [-0.25, -0.2) is 0 Å². The first kappa shape index (κ1) is 16.5. The van der Waals surface area contributed by atoms with Crippen molar-refractivity contribution < 1.29 is 14.7 Å². The third-order valence-corrected chi connectivity index (χ3v) is 3.30. The van der Waals surface area contributed by atoms with Gasteiger partial charge in [0.2, 0.25) is 5.91 Å². The highest BCUT2D eigenvalue weighted by atomic mass is 35.5. The molecule has 0 radical (unpaired) electrons. The molecule has 0 aliphatic carbocycles. The van der Waals surface area contributed by atoms with Gasteiger partial charge in [-0.3, -0.25) is 9.59 Å². The number of carboxylic acids is 1. The van der Waals surface area contributed by atoms with Crippen molar-refractivity contribution >= 4 is 41.2 Å². The molecule has 0 aromatic heterocycles. The first-order valence-corrected chi connectivity index (χ1v) is 6.83. The summed E-state index contributed by atoms with van der Waals surface area (Å²) in [5.41, 5.74) is 0.663. The van der Waals surface area contributed by atoms with E-state index in [0.717, 1.165) is 0 Å². The van der Waals surface area contributed by atoms with Gasteiger partial charge in [0.25, 0.3) is 0 Å². The molecule has 1 atom stereocenters. The second-order valence-electron chi connectivity index (χ2n) is 4.19. The highest BCUT2D eigenvalue weighted by Crippen LogP contribution is 2.21. The predicted molar refractivity (Wildman–Crippen MR) is 79.9 cm³/mol. The Morgan fingerprint density at radius 2 is 2.10 bits per heavy atom. The van der Waals surface area contributed by atoms with Gasteiger partial charge in [0.05, 0.1) is 5.92 Å². The van der Waals surface area contributed by atoms with E-state index in [-0.39, 0.29) is 12.5 Å². The van der Waals surface area contributed by atoms with Crippen molar-refractivity contribution in [3.05, 3.63) is 39.9 Å². The van der Waals surface area contributed by atoms with Gasteiger partial charge < -0.3 is 10.4 Å². The van der Waals surface area contributed by atoms with E-state index in [1.165, 1.54) is 6.08 Å². The first-order valence-electron chi connectivity index (χ1n) is 6.07. The fraction of sp³-hybridized carbons (Fsp3) is 0.286. The van der Waals surface area contributed by atoms with E-state index >= 15 is 0 Å². The molecule has 0 aliphatic heterocycles. The van der Waals surface area contributed by atoms with E-state index in [2.05, 4.69) is 5.32 Å². The van der Waals surface area contributed by atoms with E-state index in [4.69, 9.17) is 28.3 Å². The summed E-state index contributed by atoms with van der Waals surface area (Å²) in [6.07, 6.45) is 3.32. The maximum Gasteiger partial charge on any atom is 0.308 e. The molecule has 108 valence electrons. The molecular formula is C14H15Cl2NO3. The molecule has 1 aromatic rings. The molecule has 2 N–H and O–H groups in total. The van der Waals surface area contributed by atoms with Crippen LogP contribution in [0.5, 0.6) is 0 Å². The predicted octanol–water partition coefficient (Wildman–Crippen LogP) is 3.23. The summed E-state index contributed by atoms with van der Waals surface area (Å²) in [4.78, 5) is 22.4. The van der Waals surface area contributed by atoms with Crippen molar-refractivity contribution in [1.82, 2.24) is 5.32 Å². The lowest BCUT2D eigenvalue weighted by atomic mass is 10.1. The largest absolute Gasteiger partial charge is 0.481 e. The minimum atomic E-state index is -0.919. The molecule has 0 spiro atoms. The number of carbonyl (C=O) groups is 2. The van der Waals surface area contributed by atoms with Gasteiger partial charge in [0.15, 0.2) is 0 Å². The van der Waals surface area contributed by atoms with E-state index in [1.54, 1.807) is 31.2 Å². The van der Waals surface area contributed by atoms with Crippen molar-refractivity contribution in [2.24, 2.45) is 5.92 Å². The van der Waals surface area contributed by atoms with Crippen molar-refractivity contribution in [3.8, 4) is 0 Å². The Labute approximate surface area is 127 Å². The van der Waals surface area contributed by atoms with Crippen molar-refractivity contribution in [2.45, 2.75) is 13.3 Å². The first-order chi connectivity index (χ1) is 9.43. The van der Waals surface area contributed by atoms with Gasteiger partial charge in [0, 0.05) is 22.7 Å². The minimum absolute atomic E-state index is 0.101. The van der Waals surface area contributed by atoms with Crippen molar-refractivity contribution in [1.29, 1.82) is 0 Å². The molecule has 1 aromatic carbocycles. The highest BCUT2D eigenvalue weighted by molar-refractivity contribution is 6.35. The SMILES string of the molecule is CCC(CNC(=O)C=Cc1ccc(Cl)cc1Cl)C(=O)O. The fourth-order valence-electron chi connectivity index (χ4n) is 1.49. The number of nitrogens with one attached hydrogen (secondary N) is 1. The maximum atomic E-state index is 11.6. The zero-order valence-corrected chi connectivity index (χ0v) is 12.4. The molecule has 6 heteroatoms. The molecule has 0 saturated carbocycles. The number of aliphatic carboxylic acids is 1. The lowest BCUT2D eigenvalue weighted by Crippen LogP contribution is -2.31. The number of carboxylic acid groups (broad SMARTS) is 1. The Hall–Kier alpha value is -1.52. The van der Waals surface area contributed by atoms with Gasteiger partial charge in [-0.05, 0) is 30.2 Å². The van der Waals surface area contributed by atoms with Crippen LogP contribution in [0.15, 0.2) is 24.3 Å². The summed E-state index contributed by atoms with van der Waals surface area (Å²) in [6.45, 7) is 1.86. The van der Waals surface area contributed by atoms with Gasteiger partial charge in [-0.15, -0.1) is 0 Å². The van der Waals surface area contributed by atoms with Crippen LogP contribution < -0.4 is 5.32 Å². The maximum absolute atomic E-state index is 11.6. The van der Waals surface area contributed by atoms with E-state index in [9.17, 15) is 9.59 Å². The second-order valence-corrected chi connectivity index (χ2v) is 5.03. The smallest absolute Gasteiger partial charge is 0.308 e. The van der Waals surface area contributed by atoms with Crippen LogP contribution in [0.25, 0.3) is 6.08 Å². The zero-order valence-electron chi connectivity index (χ0n) is 10.9. The summed E-state index contributed by atoms with van der Waals surface area (Å²) in [5.74, 6) is -1.86. The Morgan fingerprint density at radius 1 is 1.40 bits per heavy atom. The van der Waals surface area contributed by atoms with Crippen LogP contribution in [-0.2, 0) is 9.59 Å². The molecule has 0 aliphatic rings. The summed E-state index contributed by atoms with van der Waals surface area (Å²) in [6, 6.07) is 4.95. The lowest BCUT2D eigenvalue weighted by Gasteiger charge is -2.09. The third-order valence-electron chi connectivity index (χ3n) is 2.74. The Balaban J connectivity index is 2.57. The molecule has 0 saturated heterocycles. The van der Waals surface area contributed by atoms with E-state index in [0.29, 0.717) is 22.0 Å². The second kappa shape index (κ2) is 7.92. The number of halogens is 2. The molecule has 1 amide bonds. The zero-order chi connectivity index (χ0) is 15.1. The van der Waals surface area contributed by atoms with Crippen molar-refractivity contribution in [2.75, 3.05) is 6.54 Å². The minimum Gasteiger partial charge on any atom is -0.481 e. The van der Waals surface area contributed by atoms with E-state index in [1.807, 2.05) is 0 Å². The summed E-state index contributed by atoms with van der Waals surface area (Å²) in [5, 5.41) is 12.4. The van der Waals surface area contributed by atoms with Crippen LogP contribution in [0.3, 0.4) is 0 Å². The lowest BCUT2D eigenvalue weighted by molar-refractivity contribution is -0.141. The molecule has 1 rings (SSSR count). The van der Waals surface area contributed by atoms with Crippen LogP contribution in [0.1, 0.15) is 18.9 Å². The molecule has 0 fully saturated rings. The molecule has 0 bridgehead atoms. The Kier molecular flexibility index (Phi) is 6.55. The van der Waals surface area contributed by atoms with Crippen LogP contribution in [0.2, 0.25) is 10.0 Å². The van der Waals surface area contributed by atoms with E-state index < -0.39 is 11.9 Å². The summed E-state index contributed by atoms with van der Waals surface area (Å²) in [7, 11) is 0. The topological polar surface area (TPSA) is 66.4 Å².